The SMILES string of the molecule is CCn1ccc2cc(CN3CCC(N4CCCCC4)C3)ccc21. The Kier molecular flexibility index (Phi) is 4.41. The molecule has 3 heteroatoms. The Morgan fingerprint density at radius 2 is 1.91 bits per heavy atom. The number of aryl methyl sites for hydroxylation is 1. The summed E-state index contributed by atoms with van der Waals surface area (Å²) < 4.78 is 2.32. The van der Waals surface area contributed by atoms with Crippen molar-refractivity contribution in [1.82, 2.24) is 14.4 Å². The van der Waals surface area contributed by atoms with E-state index in [1.807, 2.05) is 0 Å². The summed E-state index contributed by atoms with van der Waals surface area (Å²) in [7, 11) is 0. The summed E-state index contributed by atoms with van der Waals surface area (Å²) in [6.07, 6.45) is 7.80. The predicted octanol–water partition coefficient (Wildman–Crippen LogP) is 3.72. The molecule has 2 saturated heterocycles. The van der Waals surface area contributed by atoms with Crippen molar-refractivity contribution in [3.8, 4) is 0 Å². The van der Waals surface area contributed by atoms with Gasteiger partial charge in [-0.25, -0.2) is 0 Å². The average Bonchev–Trinajstić information content (AvgIpc) is 3.22. The van der Waals surface area contributed by atoms with Crippen molar-refractivity contribution in [2.75, 3.05) is 26.2 Å². The molecule has 0 saturated carbocycles. The molecule has 0 aliphatic carbocycles. The topological polar surface area (TPSA) is 11.4 Å². The number of nitrogens with zero attached hydrogens (tertiary/aromatic N) is 3. The molecule has 0 N–H and O–H groups in total. The smallest absolute Gasteiger partial charge is 0.0480 e. The molecular formula is C20H29N3. The Morgan fingerprint density at radius 1 is 1.04 bits per heavy atom. The van der Waals surface area contributed by atoms with Gasteiger partial charge in [-0.1, -0.05) is 12.5 Å². The number of fused-ring (bicyclic) bond motifs is 1. The molecule has 3 nitrogen and oxygen atoms in total. The van der Waals surface area contributed by atoms with Crippen LogP contribution < -0.4 is 0 Å². The molecular weight excluding hydrogens is 282 g/mol. The minimum atomic E-state index is 0.806. The minimum Gasteiger partial charge on any atom is -0.348 e. The molecule has 0 amide bonds. The first-order valence-corrected chi connectivity index (χ1v) is 9.37. The molecule has 2 aliphatic heterocycles. The van der Waals surface area contributed by atoms with E-state index in [0.29, 0.717) is 0 Å². The van der Waals surface area contributed by atoms with Crippen molar-refractivity contribution in [2.24, 2.45) is 0 Å². The standard InChI is InChI=1S/C20H29N3/c1-2-22-13-8-18-14-17(6-7-20(18)22)15-21-12-9-19(16-21)23-10-4-3-5-11-23/h6-8,13-14,19H,2-5,9-12,15-16H2,1H3. The minimum absolute atomic E-state index is 0.806. The van der Waals surface area contributed by atoms with Gasteiger partial charge in [0.25, 0.3) is 0 Å². The molecule has 1 aromatic carbocycles. The first-order chi connectivity index (χ1) is 11.3. The van der Waals surface area contributed by atoms with Gasteiger partial charge < -0.3 is 4.57 Å². The molecule has 1 unspecified atom stereocenters. The first kappa shape index (κ1) is 15.2. The van der Waals surface area contributed by atoms with Gasteiger partial charge in [0, 0.05) is 43.9 Å². The summed E-state index contributed by atoms with van der Waals surface area (Å²) in [6, 6.07) is 10.1. The monoisotopic (exact) mass is 311 g/mol. The summed E-state index contributed by atoms with van der Waals surface area (Å²) >= 11 is 0. The number of piperidine rings is 1. The lowest BCUT2D eigenvalue weighted by molar-refractivity contribution is 0.161. The second-order valence-electron chi connectivity index (χ2n) is 7.27. The molecule has 2 aromatic rings. The van der Waals surface area contributed by atoms with E-state index in [0.717, 1.165) is 19.1 Å². The van der Waals surface area contributed by atoms with Crippen molar-refractivity contribution in [1.29, 1.82) is 0 Å². The summed E-state index contributed by atoms with van der Waals surface area (Å²) in [5.74, 6) is 0. The number of likely N-dealkylation sites (tertiary alicyclic amines) is 2. The highest BCUT2D eigenvalue weighted by atomic mass is 15.3. The van der Waals surface area contributed by atoms with Crippen LogP contribution in [0.25, 0.3) is 10.9 Å². The van der Waals surface area contributed by atoms with E-state index >= 15 is 0 Å². The van der Waals surface area contributed by atoms with Crippen LogP contribution in [0, 0.1) is 0 Å². The fourth-order valence-electron chi connectivity index (χ4n) is 4.42. The van der Waals surface area contributed by atoms with E-state index in [9.17, 15) is 0 Å². The second-order valence-corrected chi connectivity index (χ2v) is 7.27. The van der Waals surface area contributed by atoms with Gasteiger partial charge in [0.05, 0.1) is 0 Å². The number of aromatic nitrogens is 1. The fraction of sp³-hybridized carbons (Fsp3) is 0.600. The summed E-state index contributed by atoms with van der Waals surface area (Å²) in [5, 5.41) is 1.39. The zero-order chi connectivity index (χ0) is 15.6. The maximum Gasteiger partial charge on any atom is 0.0480 e. The lowest BCUT2D eigenvalue weighted by Crippen LogP contribution is -2.40. The zero-order valence-corrected chi connectivity index (χ0v) is 14.4. The molecule has 0 radical (unpaired) electrons. The van der Waals surface area contributed by atoms with E-state index in [-0.39, 0.29) is 0 Å². The van der Waals surface area contributed by atoms with Gasteiger partial charge in [0.1, 0.15) is 0 Å². The van der Waals surface area contributed by atoms with E-state index in [1.165, 1.54) is 68.3 Å². The third kappa shape index (κ3) is 3.17. The van der Waals surface area contributed by atoms with Crippen molar-refractivity contribution in [3.63, 3.8) is 0 Å². The van der Waals surface area contributed by atoms with Crippen molar-refractivity contribution in [2.45, 2.75) is 51.7 Å². The Hall–Kier alpha value is -1.32. The van der Waals surface area contributed by atoms with Gasteiger partial charge in [-0.15, -0.1) is 0 Å². The molecule has 0 bridgehead atoms. The van der Waals surface area contributed by atoms with Gasteiger partial charge in [-0.05, 0) is 68.4 Å². The summed E-state index contributed by atoms with van der Waals surface area (Å²) in [5.41, 5.74) is 2.83. The number of hydrogen-bond donors (Lipinski definition) is 0. The maximum atomic E-state index is 2.74. The van der Waals surface area contributed by atoms with Gasteiger partial charge in [-0.3, -0.25) is 9.80 Å². The zero-order valence-electron chi connectivity index (χ0n) is 14.4. The van der Waals surface area contributed by atoms with Crippen molar-refractivity contribution >= 4 is 10.9 Å². The summed E-state index contributed by atoms with van der Waals surface area (Å²) in [6.45, 7) is 9.54. The van der Waals surface area contributed by atoms with Crippen LogP contribution in [0.5, 0.6) is 0 Å². The van der Waals surface area contributed by atoms with Crippen molar-refractivity contribution in [3.05, 3.63) is 36.0 Å². The van der Waals surface area contributed by atoms with E-state index in [1.54, 1.807) is 0 Å². The Labute approximate surface area is 139 Å². The lowest BCUT2D eigenvalue weighted by atomic mass is 10.1. The molecule has 0 spiro atoms. The van der Waals surface area contributed by atoms with Crippen LogP contribution in [-0.4, -0.2) is 46.6 Å². The predicted molar refractivity (Wildman–Crippen MR) is 96.7 cm³/mol. The number of rotatable bonds is 4. The van der Waals surface area contributed by atoms with Crippen LogP contribution in [0.3, 0.4) is 0 Å². The Morgan fingerprint density at radius 3 is 2.74 bits per heavy atom. The third-order valence-electron chi connectivity index (χ3n) is 5.74. The highest BCUT2D eigenvalue weighted by Crippen LogP contribution is 2.23. The van der Waals surface area contributed by atoms with E-state index < -0.39 is 0 Å². The molecule has 23 heavy (non-hydrogen) atoms. The van der Waals surface area contributed by atoms with E-state index in [2.05, 4.69) is 51.8 Å². The Balaban J connectivity index is 1.40. The highest BCUT2D eigenvalue weighted by Gasteiger charge is 2.28. The largest absolute Gasteiger partial charge is 0.348 e. The van der Waals surface area contributed by atoms with Crippen LogP contribution in [-0.2, 0) is 13.1 Å². The quantitative estimate of drug-likeness (QED) is 0.852. The van der Waals surface area contributed by atoms with Gasteiger partial charge in [0.15, 0.2) is 0 Å². The first-order valence-electron chi connectivity index (χ1n) is 9.37. The van der Waals surface area contributed by atoms with Crippen LogP contribution >= 0.6 is 0 Å². The maximum absolute atomic E-state index is 2.74. The van der Waals surface area contributed by atoms with Gasteiger partial charge >= 0.3 is 0 Å². The fourth-order valence-corrected chi connectivity index (χ4v) is 4.42. The van der Waals surface area contributed by atoms with Crippen LogP contribution in [0.15, 0.2) is 30.5 Å². The molecule has 4 rings (SSSR count). The second kappa shape index (κ2) is 6.66. The molecule has 3 heterocycles. The molecule has 1 atom stereocenters. The van der Waals surface area contributed by atoms with Gasteiger partial charge in [0.2, 0.25) is 0 Å². The average molecular weight is 311 g/mol. The molecule has 124 valence electrons. The number of hydrogen-bond acceptors (Lipinski definition) is 2. The highest BCUT2D eigenvalue weighted by molar-refractivity contribution is 5.80. The lowest BCUT2D eigenvalue weighted by Gasteiger charge is -2.32. The van der Waals surface area contributed by atoms with Crippen LogP contribution in [0.2, 0.25) is 0 Å². The number of benzene rings is 1. The van der Waals surface area contributed by atoms with Gasteiger partial charge in [-0.2, -0.15) is 0 Å². The molecule has 2 aliphatic rings. The normalized spacial score (nSPS) is 23.8. The van der Waals surface area contributed by atoms with Crippen LogP contribution in [0.4, 0.5) is 0 Å². The van der Waals surface area contributed by atoms with Crippen LogP contribution in [0.1, 0.15) is 38.2 Å². The Bertz CT molecular complexity index is 654. The van der Waals surface area contributed by atoms with E-state index in [4.69, 9.17) is 0 Å². The summed E-state index contributed by atoms with van der Waals surface area (Å²) in [4.78, 5) is 5.39. The van der Waals surface area contributed by atoms with Crippen molar-refractivity contribution < 1.29 is 0 Å². The third-order valence-corrected chi connectivity index (χ3v) is 5.74. The molecule has 2 fully saturated rings. The molecule has 1 aromatic heterocycles.